The van der Waals surface area contributed by atoms with Gasteiger partial charge in [0, 0.05) is 18.7 Å². The number of hydrogen-bond acceptors (Lipinski definition) is 4. The number of para-hydroxylation sites is 2. The summed E-state index contributed by atoms with van der Waals surface area (Å²) in [5, 5.41) is 0. The molecule has 0 radical (unpaired) electrons. The molecule has 1 saturated heterocycles. The standard InChI is InChI=1S/C22H27N3O3/c1-28-21-8-4-3-7-19(21)25(22(27)24-13-5-2-6-14-24)16-17-9-11-18(12-10-17)20(26)15-23/h3-4,7-12H,2,5-6,13-16,23H2,1H3. The zero-order chi connectivity index (χ0) is 19.9. The van der Waals surface area contributed by atoms with E-state index in [1.807, 2.05) is 41.3 Å². The smallest absolute Gasteiger partial charge is 0.324 e. The number of rotatable bonds is 6. The molecule has 6 heteroatoms. The number of nitrogens with zero attached hydrogens (tertiary/aromatic N) is 2. The normalized spacial score (nSPS) is 13.9. The van der Waals surface area contributed by atoms with Crippen LogP contribution in [-0.2, 0) is 6.54 Å². The van der Waals surface area contributed by atoms with E-state index in [1.165, 1.54) is 0 Å². The molecule has 0 atom stereocenters. The van der Waals surface area contributed by atoms with Gasteiger partial charge in [0.1, 0.15) is 5.75 Å². The van der Waals surface area contributed by atoms with Crippen LogP contribution < -0.4 is 15.4 Å². The number of amides is 2. The van der Waals surface area contributed by atoms with Crippen LogP contribution in [0.15, 0.2) is 48.5 Å². The summed E-state index contributed by atoms with van der Waals surface area (Å²) in [6.45, 7) is 1.93. The van der Waals surface area contributed by atoms with Gasteiger partial charge in [-0.05, 0) is 37.0 Å². The summed E-state index contributed by atoms with van der Waals surface area (Å²) < 4.78 is 5.50. The molecule has 0 aliphatic carbocycles. The molecule has 0 saturated carbocycles. The van der Waals surface area contributed by atoms with Crippen LogP contribution in [-0.4, -0.2) is 43.5 Å². The Morgan fingerprint density at radius 1 is 1.04 bits per heavy atom. The minimum absolute atomic E-state index is 0.0138. The van der Waals surface area contributed by atoms with E-state index in [1.54, 1.807) is 24.1 Å². The van der Waals surface area contributed by atoms with Gasteiger partial charge in [0.05, 0.1) is 25.9 Å². The second kappa shape index (κ2) is 9.37. The molecule has 0 unspecified atom stereocenters. The quantitative estimate of drug-likeness (QED) is 0.778. The Balaban J connectivity index is 1.89. The van der Waals surface area contributed by atoms with Crippen LogP contribution in [0, 0.1) is 0 Å². The van der Waals surface area contributed by atoms with Crippen molar-refractivity contribution in [1.82, 2.24) is 4.90 Å². The summed E-state index contributed by atoms with van der Waals surface area (Å²) in [6, 6.07) is 14.8. The SMILES string of the molecule is COc1ccccc1N(Cc1ccc(C(=O)CN)cc1)C(=O)N1CCCCC1. The van der Waals surface area contributed by atoms with E-state index in [2.05, 4.69) is 0 Å². The molecular weight excluding hydrogens is 354 g/mol. The van der Waals surface area contributed by atoms with E-state index < -0.39 is 0 Å². The average molecular weight is 381 g/mol. The van der Waals surface area contributed by atoms with E-state index >= 15 is 0 Å². The number of benzene rings is 2. The van der Waals surface area contributed by atoms with Crippen LogP contribution in [0.25, 0.3) is 0 Å². The van der Waals surface area contributed by atoms with E-state index in [4.69, 9.17) is 10.5 Å². The van der Waals surface area contributed by atoms with Gasteiger partial charge >= 0.3 is 6.03 Å². The highest BCUT2D eigenvalue weighted by atomic mass is 16.5. The number of likely N-dealkylation sites (tertiary alicyclic amines) is 1. The van der Waals surface area contributed by atoms with E-state index in [0.29, 0.717) is 17.9 Å². The van der Waals surface area contributed by atoms with E-state index in [-0.39, 0.29) is 18.4 Å². The first-order chi connectivity index (χ1) is 13.6. The zero-order valence-corrected chi connectivity index (χ0v) is 16.3. The van der Waals surface area contributed by atoms with E-state index in [0.717, 1.165) is 43.6 Å². The number of piperidine rings is 1. The van der Waals surface area contributed by atoms with Gasteiger partial charge in [0.25, 0.3) is 0 Å². The molecule has 3 rings (SSSR count). The van der Waals surface area contributed by atoms with Gasteiger partial charge in [0.2, 0.25) is 0 Å². The Kier molecular flexibility index (Phi) is 6.66. The Hall–Kier alpha value is -2.86. The Morgan fingerprint density at radius 2 is 1.71 bits per heavy atom. The van der Waals surface area contributed by atoms with Crippen molar-refractivity contribution < 1.29 is 14.3 Å². The summed E-state index contributed by atoms with van der Waals surface area (Å²) >= 11 is 0. The maximum Gasteiger partial charge on any atom is 0.324 e. The second-order valence-electron chi connectivity index (χ2n) is 6.91. The number of ether oxygens (including phenoxy) is 1. The molecule has 2 aromatic carbocycles. The molecule has 0 spiro atoms. The Bertz CT molecular complexity index is 814. The van der Waals surface area contributed by atoms with Crippen LogP contribution in [0.2, 0.25) is 0 Å². The molecule has 1 heterocycles. The molecule has 2 N–H and O–H groups in total. The number of ketones is 1. The lowest BCUT2D eigenvalue weighted by Gasteiger charge is -2.33. The van der Waals surface area contributed by atoms with Crippen LogP contribution in [0.4, 0.5) is 10.5 Å². The highest BCUT2D eigenvalue weighted by Gasteiger charge is 2.26. The van der Waals surface area contributed by atoms with Crippen LogP contribution in [0.3, 0.4) is 0 Å². The third-order valence-electron chi connectivity index (χ3n) is 5.04. The van der Waals surface area contributed by atoms with Crippen molar-refractivity contribution in [3.05, 3.63) is 59.7 Å². The molecule has 1 aliphatic heterocycles. The molecular formula is C22H27N3O3. The minimum atomic E-state index is -0.0995. The second-order valence-corrected chi connectivity index (χ2v) is 6.91. The number of anilines is 1. The van der Waals surface area contributed by atoms with E-state index in [9.17, 15) is 9.59 Å². The largest absolute Gasteiger partial charge is 0.495 e. The Labute approximate surface area is 165 Å². The van der Waals surface area contributed by atoms with Gasteiger partial charge in [0.15, 0.2) is 5.78 Å². The van der Waals surface area contributed by atoms with Crippen LogP contribution in [0.1, 0.15) is 35.2 Å². The summed E-state index contributed by atoms with van der Waals surface area (Å²) in [6.07, 6.45) is 3.22. The lowest BCUT2D eigenvalue weighted by molar-refractivity contribution is 0.100. The lowest BCUT2D eigenvalue weighted by atomic mass is 10.1. The van der Waals surface area contributed by atoms with Crippen molar-refractivity contribution >= 4 is 17.5 Å². The highest BCUT2D eigenvalue weighted by molar-refractivity contribution is 5.97. The van der Waals surface area contributed by atoms with Gasteiger partial charge < -0.3 is 15.4 Å². The fourth-order valence-electron chi connectivity index (χ4n) is 3.46. The number of nitrogens with two attached hydrogens (primary N) is 1. The van der Waals surface area contributed by atoms with Crippen molar-refractivity contribution in [3.63, 3.8) is 0 Å². The fourth-order valence-corrected chi connectivity index (χ4v) is 3.46. The maximum atomic E-state index is 13.3. The van der Waals surface area contributed by atoms with Gasteiger partial charge in [-0.2, -0.15) is 0 Å². The third-order valence-corrected chi connectivity index (χ3v) is 5.04. The van der Waals surface area contributed by atoms with Crippen molar-refractivity contribution in [2.75, 3.05) is 31.6 Å². The molecule has 148 valence electrons. The predicted octanol–water partition coefficient (Wildman–Crippen LogP) is 3.45. The summed E-state index contributed by atoms with van der Waals surface area (Å²) in [5.74, 6) is 0.556. The number of urea groups is 1. The Morgan fingerprint density at radius 3 is 2.36 bits per heavy atom. The van der Waals surface area contributed by atoms with Gasteiger partial charge in [-0.3, -0.25) is 9.69 Å². The molecule has 0 aromatic heterocycles. The molecule has 1 fully saturated rings. The van der Waals surface area contributed by atoms with Crippen molar-refractivity contribution in [2.45, 2.75) is 25.8 Å². The first-order valence-corrected chi connectivity index (χ1v) is 9.65. The minimum Gasteiger partial charge on any atom is -0.495 e. The number of carbonyl (C=O) groups excluding carboxylic acids is 2. The molecule has 6 nitrogen and oxygen atoms in total. The first kappa shape index (κ1) is 19.9. The average Bonchev–Trinajstić information content (AvgIpc) is 2.77. The van der Waals surface area contributed by atoms with Gasteiger partial charge in [-0.25, -0.2) is 4.79 Å². The van der Waals surface area contributed by atoms with Crippen molar-refractivity contribution in [2.24, 2.45) is 5.73 Å². The molecule has 0 bridgehead atoms. The third kappa shape index (κ3) is 4.51. The zero-order valence-electron chi connectivity index (χ0n) is 16.3. The van der Waals surface area contributed by atoms with Crippen molar-refractivity contribution in [1.29, 1.82) is 0 Å². The number of methoxy groups -OCH3 is 1. The molecule has 2 aromatic rings. The monoisotopic (exact) mass is 381 g/mol. The molecule has 1 aliphatic rings. The van der Waals surface area contributed by atoms with Crippen molar-refractivity contribution in [3.8, 4) is 5.75 Å². The predicted molar refractivity (Wildman–Crippen MR) is 110 cm³/mol. The maximum absolute atomic E-state index is 13.3. The number of carbonyl (C=O) groups is 2. The summed E-state index contributed by atoms with van der Waals surface area (Å²) in [7, 11) is 1.61. The number of Topliss-reactive ketones (excluding diaryl/α,β-unsaturated/α-hetero) is 1. The van der Waals surface area contributed by atoms with Gasteiger partial charge in [-0.1, -0.05) is 36.4 Å². The summed E-state index contributed by atoms with van der Waals surface area (Å²) in [5.41, 5.74) is 7.69. The molecule has 2 amide bonds. The summed E-state index contributed by atoms with van der Waals surface area (Å²) in [4.78, 5) is 28.7. The van der Waals surface area contributed by atoms with Gasteiger partial charge in [-0.15, -0.1) is 0 Å². The number of hydrogen-bond donors (Lipinski definition) is 1. The van der Waals surface area contributed by atoms with Crippen LogP contribution >= 0.6 is 0 Å². The van der Waals surface area contributed by atoms with Crippen LogP contribution in [0.5, 0.6) is 5.75 Å². The molecule has 28 heavy (non-hydrogen) atoms. The lowest BCUT2D eigenvalue weighted by Crippen LogP contribution is -2.45. The first-order valence-electron chi connectivity index (χ1n) is 9.65. The topological polar surface area (TPSA) is 75.9 Å². The highest BCUT2D eigenvalue weighted by Crippen LogP contribution is 2.30. The fraction of sp³-hybridized carbons (Fsp3) is 0.364.